The molecule has 0 spiro atoms. The summed E-state index contributed by atoms with van der Waals surface area (Å²) in [7, 11) is 0. The van der Waals surface area contributed by atoms with Crippen LogP contribution >= 0.6 is 0 Å². The maximum atomic E-state index is 8.33. The van der Waals surface area contributed by atoms with Crippen LogP contribution < -0.4 is 4.90 Å². The Kier molecular flexibility index (Phi) is 2.62. The molecular formula is C10H13N3O. The van der Waals surface area contributed by atoms with Crippen LogP contribution in [0.2, 0.25) is 0 Å². The molecule has 0 radical (unpaired) electrons. The van der Waals surface area contributed by atoms with E-state index in [-0.39, 0.29) is 0 Å². The predicted molar refractivity (Wildman–Crippen MR) is 55.1 cm³/mol. The van der Waals surface area contributed by atoms with E-state index >= 15 is 0 Å². The van der Waals surface area contributed by atoms with Crippen molar-refractivity contribution in [3.8, 4) is 0 Å². The van der Waals surface area contributed by atoms with E-state index < -0.39 is 0 Å². The van der Waals surface area contributed by atoms with Crippen LogP contribution in [0.1, 0.15) is 18.4 Å². The summed E-state index contributed by atoms with van der Waals surface area (Å²) in [6.07, 6.45) is 5.59. The van der Waals surface area contributed by atoms with Crippen LogP contribution in [0.5, 0.6) is 0 Å². The van der Waals surface area contributed by atoms with Crippen LogP contribution in [0.15, 0.2) is 23.5 Å². The molecule has 4 heteroatoms. The van der Waals surface area contributed by atoms with Crippen molar-refractivity contribution in [2.45, 2.75) is 12.8 Å². The monoisotopic (exact) mass is 191 g/mol. The maximum absolute atomic E-state index is 8.33. The van der Waals surface area contributed by atoms with E-state index in [1.54, 1.807) is 6.20 Å². The third kappa shape index (κ3) is 1.84. The first kappa shape index (κ1) is 8.99. The van der Waals surface area contributed by atoms with Crippen molar-refractivity contribution in [2.75, 3.05) is 18.0 Å². The predicted octanol–water partition coefficient (Wildman–Crippen LogP) is 1.49. The van der Waals surface area contributed by atoms with Gasteiger partial charge in [0.05, 0.1) is 6.21 Å². The smallest absolute Gasteiger partial charge is 0.128 e. The molecule has 0 aromatic carbocycles. The van der Waals surface area contributed by atoms with Crippen LogP contribution in [-0.4, -0.2) is 29.5 Å². The first-order valence-corrected chi connectivity index (χ1v) is 4.78. The Bertz CT molecular complexity index is 315. The van der Waals surface area contributed by atoms with Gasteiger partial charge in [-0.25, -0.2) is 4.98 Å². The van der Waals surface area contributed by atoms with Gasteiger partial charge < -0.3 is 10.1 Å². The Morgan fingerprint density at radius 1 is 1.36 bits per heavy atom. The summed E-state index contributed by atoms with van der Waals surface area (Å²) in [5, 5.41) is 11.3. The van der Waals surface area contributed by atoms with Gasteiger partial charge in [0.15, 0.2) is 0 Å². The first-order valence-electron chi connectivity index (χ1n) is 4.78. The van der Waals surface area contributed by atoms with Gasteiger partial charge in [-0.05, 0) is 25.0 Å². The van der Waals surface area contributed by atoms with Gasteiger partial charge in [-0.1, -0.05) is 5.16 Å². The molecule has 1 saturated heterocycles. The highest BCUT2D eigenvalue weighted by molar-refractivity contribution is 5.78. The summed E-state index contributed by atoms with van der Waals surface area (Å²) >= 11 is 0. The Labute approximate surface area is 82.9 Å². The minimum absolute atomic E-state index is 0.815. The second-order valence-corrected chi connectivity index (χ2v) is 3.39. The van der Waals surface area contributed by atoms with Crippen LogP contribution in [-0.2, 0) is 0 Å². The summed E-state index contributed by atoms with van der Waals surface area (Å²) in [5.41, 5.74) is 0.815. The molecule has 14 heavy (non-hydrogen) atoms. The number of hydrogen-bond donors (Lipinski definition) is 1. The zero-order chi connectivity index (χ0) is 9.80. The van der Waals surface area contributed by atoms with Gasteiger partial charge in [0.1, 0.15) is 5.82 Å². The highest BCUT2D eigenvalue weighted by Crippen LogP contribution is 2.16. The van der Waals surface area contributed by atoms with Gasteiger partial charge in [-0.15, -0.1) is 0 Å². The Morgan fingerprint density at radius 2 is 2.14 bits per heavy atom. The van der Waals surface area contributed by atoms with E-state index in [1.807, 2.05) is 12.1 Å². The molecule has 0 amide bonds. The molecule has 0 unspecified atom stereocenters. The standard InChI is InChI=1S/C10H13N3O/c14-12-8-9-3-4-10(11-7-9)13-5-1-2-6-13/h3-4,7-8,14H,1-2,5-6H2. The molecule has 0 aliphatic carbocycles. The molecule has 1 aliphatic rings. The van der Waals surface area contributed by atoms with Crippen molar-refractivity contribution < 1.29 is 5.21 Å². The number of pyridine rings is 1. The number of aromatic nitrogens is 1. The van der Waals surface area contributed by atoms with Crippen molar-refractivity contribution in [3.63, 3.8) is 0 Å². The fraction of sp³-hybridized carbons (Fsp3) is 0.400. The third-order valence-electron chi connectivity index (χ3n) is 2.41. The average Bonchev–Trinajstić information content (AvgIpc) is 2.72. The first-order chi connectivity index (χ1) is 6.90. The Morgan fingerprint density at radius 3 is 2.71 bits per heavy atom. The van der Waals surface area contributed by atoms with Crippen molar-refractivity contribution in [1.29, 1.82) is 0 Å². The van der Waals surface area contributed by atoms with Crippen molar-refractivity contribution in [2.24, 2.45) is 5.16 Å². The second-order valence-electron chi connectivity index (χ2n) is 3.39. The summed E-state index contributed by atoms with van der Waals surface area (Å²) in [6.45, 7) is 2.20. The SMILES string of the molecule is ON=Cc1ccc(N2CCCC2)nc1. The summed E-state index contributed by atoms with van der Waals surface area (Å²) in [4.78, 5) is 6.57. The largest absolute Gasteiger partial charge is 0.411 e. The van der Waals surface area contributed by atoms with Gasteiger partial charge in [0.25, 0.3) is 0 Å². The lowest BCUT2D eigenvalue weighted by Crippen LogP contribution is -2.18. The van der Waals surface area contributed by atoms with E-state index in [2.05, 4.69) is 15.0 Å². The number of rotatable bonds is 2. The fourth-order valence-electron chi connectivity index (χ4n) is 1.67. The zero-order valence-corrected chi connectivity index (χ0v) is 7.93. The fourth-order valence-corrected chi connectivity index (χ4v) is 1.67. The zero-order valence-electron chi connectivity index (χ0n) is 7.93. The molecule has 74 valence electrons. The van der Waals surface area contributed by atoms with E-state index in [9.17, 15) is 0 Å². The highest BCUT2D eigenvalue weighted by atomic mass is 16.4. The Balaban J connectivity index is 2.12. The topological polar surface area (TPSA) is 48.7 Å². The van der Waals surface area contributed by atoms with Crippen LogP contribution in [0.4, 0.5) is 5.82 Å². The summed E-state index contributed by atoms with van der Waals surface area (Å²) in [6, 6.07) is 3.86. The van der Waals surface area contributed by atoms with Gasteiger partial charge in [0, 0.05) is 24.8 Å². The quantitative estimate of drug-likeness (QED) is 0.437. The normalized spacial score (nSPS) is 16.7. The third-order valence-corrected chi connectivity index (χ3v) is 2.41. The summed E-state index contributed by atoms with van der Waals surface area (Å²) in [5.74, 6) is 1.01. The van der Waals surface area contributed by atoms with Crippen LogP contribution in [0.25, 0.3) is 0 Å². The molecule has 2 rings (SSSR count). The Hall–Kier alpha value is -1.58. The molecule has 1 aromatic rings. The average molecular weight is 191 g/mol. The molecule has 2 heterocycles. The molecule has 4 nitrogen and oxygen atoms in total. The lowest BCUT2D eigenvalue weighted by Gasteiger charge is -2.15. The minimum atomic E-state index is 0.815. The van der Waals surface area contributed by atoms with Gasteiger partial charge in [-0.2, -0.15) is 0 Å². The molecule has 1 aromatic heterocycles. The lowest BCUT2D eigenvalue weighted by atomic mass is 10.3. The number of anilines is 1. The van der Waals surface area contributed by atoms with Crippen LogP contribution in [0.3, 0.4) is 0 Å². The second kappa shape index (κ2) is 4.09. The van der Waals surface area contributed by atoms with Gasteiger partial charge in [0.2, 0.25) is 0 Å². The van der Waals surface area contributed by atoms with Gasteiger partial charge in [-0.3, -0.25) is 0 Å². The molecule has 1 N–H and O–H groups in total. The van der Waals surface area contributed by atoms with Crippen molar-refractivity contribution in [1.82, 2.24) is 4.98 Å². The van der Waals surface area contributed by atoms with Crippen LogP contribution in [0, 0.1) is 0 Å². The number of nitrogens with zero attached hydrogens (tertiary/aromatic N) is 3. The van der Waals surface area contributed by atoms with Gasteiger partial charge >= 0.3 is 0 Å². The molecule has 0 saturated carbocycles. The number of hydrogen-bond acceptors (Lipinski definition) is 4. The van der Waals surface area contributed by atoms with E-state index in [4.69, 9.17) is 5.21 Å². The summed E-state index contributed by atoms with van der Waals surface area (Å²) < 4.78 is 0. The highest BCUT2D eigenvalue weighted by Gasteiger charge is 2.12. The van der Waals surface area contributed by atoms with E-state index in [1.165, 1.54) is 19.1 Å². The molecule has 1 aliphatic heterocycles. The van der Waals surface area contributed by atoms with E-state index in [0.717, 1.165) is 24.5 Å². The molecular weight excluding hydrogens is 178 g/mol. The lowest BCUT2D eigenvalue weighted by molar-refractivity contribution is 0.322. The minimum Gasteiger partial charge on any atom is -0.411 e. The maximum Gasteiger partial charge on any atom is 0.128 e. The van der Waals surface area contributed by atoms with Crippen molar-refractivity contribution >= 4 is 12.0 Å². The van der Waals surface area contributed by atoms with Crippen molar-refractivity contribution in [3.05, 3.63) is 23.9 Å². The number of oxime groups is 1. The molecule has 0 atom stereocenters. The molecule has 0 bridgehead atoms. The molecule has 1 fully saturated rings. The van der Waals surface area contributed by atoms with E-state index in [0.29, 0.717) is 0 Å².